The topological polar surface area (TPSA) is 26.0 Å². The molecule has 0 aliphatic heterocycles. The highest BCUT2D eigenvalue weighted by atomic mass is 19.4. The third-order valence-corrected chi connectivity index (χ3v) is 3.98. The van der Waals surface area contributed by atoms with Crippen LogP contribution in [0.1, 0.15) is 36.8 Å². The van der Waals surface area contributed by atoms with Gasteiger partial charge in [-0.05, 0) is 43.4 Å². The molecular weight excluding hydrogens is 258 g/mol. The van der Waals surface area contributed by atoms with Crippen LogP contribution in [-0.2, 0) is 5.54 Å². The maximum atomic E-state index is 13.2. The molecule has 1 nitrogen and oxygen atoms in total. The lowest BCUT2D eigenvalue weighted by molar-refractivity contribution is -0.187. The van der Waals surface area contributed by atoms with Crippen molar-refractivity contribution in [3.8, 4) is 0 Å². The quantitative estimate of drug-likeness (QED) is 0.769. The van der Waals surface area contributed by atoms with E-state index in [9.17, 15) is 17.6 Å². The van der Waals surface area contributed by atoms with E-state index in [0.29, 0.717) is 24.0 Å². The molecule has 2 atom stereocenters. The lowest BCUT2D eigenvalue weighted by Crippen LogP contribution is -2.44. The largest absolute Gasteiger partial charge is 0.391 e. The van der Waals surface area contributed by atoms with Crippen LogP contribution in [0, 0.1) is 18.7 Å². The van der Waals surface area contributed by atoms with E-state index < -0.39 is 17.6 Å². The first-order chi connectivity index (χ1) is 8.72. The van der Waals surface area contributed by atoms with Gasteiger partial charge < -0.3 is 5.73 Å². The monoisotopic (exact) mass is 275 g/mol. The Morgan fingerprint density at radius 3 is 2.58 bits per heavy atom. The minimum Gasteiger partial charge on any atom is -0.321 e. The summed E-state index contributed by atoms with van der Waals surface area (Å²) in [5.41, 5.74) is 6.17. The van der Waals surface area contributed by atoms with Gasteiger partial charge in [-0.3, -0.25) is 0 Å². The van der Waals surface area contributed by atoms with Gasteiger partial charge in [0.05, 0.1) is 5.92 Å². The van der Waals surface area contributed by atoms with Gasteiger partial charge in [-0.2, -0.15) is 13.2 Å². The van der Waals surface area contributed by atoms with Crippen molar-refractivity contribution < 1.29 is 17.6 Å². The van der Waals surface area contributed by atoms with Crippen molar-refractivity contribution in [1.82, 2.24) is 0 Å². The van der Waals surface area contributed by atoms with Crippen molar-refractivity contribution in [1.29, 1.82) is 0 Å². The minimum absolute atomic E-state index is 0.123. The normalized spacial score (nSPS) is 28.4. The molecule has 1 fully saturated rings. The van der Waals surface area contributed by atoms with E-state index in [1.54, 1.807) is 13.0 Å². The van der Waals surface area contributed by atoms with Crippen LogP contribution in [-0.4, -0.2) is 6.18 Å². The Morgan fingerprint density at radius 1 is 1.32 bits per heavy atom. The van der Waals surface area contributed by atoms with Gasteiger partial charge >= 0.3 is 6.18 Å². The van der Waals surface area contributed by atoms with E-state index in [-0.39, 0.29) is 18.7 Å². The predicted octanol–water partition coefficient (Wildman–Crippen LogP) is 4.04. The number of alkyl halides is 3. The Balaban J connectivity index is 2.28. The van der Waals surface area contributed by atoms with Gasteiger partial charge in [0.15, 0.2) is 0 Å². The summed E-state index contributed by atoms with van der Waals surface area (Å²) in [4.78, 5) is 0. The van der Waals surface area contributed by atoms with Crippen LogP contribution in [0.5, 0.6) is 0 Å². The number of benzene rings is 1. The highest BCUT2D eigenvalue weighted by Crippen LogP contribution is 2.44. The zero-order valence-electron chi connectivity index (χ0n) is 10.7. The molecule has 0 saturated heterocycles. The standard InChI is InChI=1S/C14H17F4N/c1-9-7-10(4-5-12(9)15)13(19)6-2-3-11(8-13)14(16,17)18/h4-5,7,11H,2-3,6,8,19H2,1H3. The number of aryl methyl sites for hydroxylation is 1. The van der Waals surface area contributed by atoms with E-state index >= 15 is 0 Å². The van der Waals surface area contributed by atoms with E-state index in [1.807, 2.05) is 0 Å². The molecule has 1 aromatic rings. The fraction of sp³-hybridized carbons (Fsp3) is 0.571. The van der Waals surface area contributed by atoms with Gasteiger partial charge in [0.2, 0.25) is 0 Å². The molecule has 2 N–H and O–H groups in total. The fourth-order valence-corrected chi connectivity index (χ4v) is 2.80. The fourth-order valence-electron chi connectivity index (χ4n) is 2.80. The molecule has 0 amide bonds. The highest BCUT2D eigenvalue weighted by molar-refractivity contribution is 5.30. The van der Waals surface area contributed by atoms with Gasteiger partial charge in [0, 0.05) is 5.54 Å². The summed E-state index contributed by atoms with van der Waals surface area (Å²) in [6, 6.07) is 4.34. The summed E-state index contributed by atoms with van der Waals surface area (Å²) in [5, 5.41) is 0. The first-order valence-electron chi connectivity index (χ1n) is 6.34. The van der Waals surface area contributed by atoms with Gasteiger partial charge in [-0.15, -0.1) is 0 Å². The first-order valence-corrected chi connectivity index (χ1v) is 6.34. The second-order valence-corrected chi connectivity index (χ2v) is 5.45. The molecule has 5 heteroatoms. The number of hydrogen-bond donors (Lipinski definition) is 1. The molecule has 1 saturated carbocycles. The molecule has 2 unspecified atom stereocenters. The molecule has 1 aromatic carbocycles. The van der Waals surface area contributed by atoms with Crippen LogP contribution in [0.3, 0.4) is 0 Å². The lowest BCUT2D eigenvalue weighted by atomic mass is 9.72. The lowest BCUT2D eigenvalue weighted by Gasteiger charge is -2.39. The second-order valence-electron chi connectivity index (χ2n) is 5.45. The smallest absolute Gasteiger partial charge is 0.321 e. The van der Waals surface area contributed by atoms with Gasteiger partial charge in [-0.25, -0.2) is 4.39 Å². The van der Waals surface area contributed by atoms with E-state index in [2.05, 4.69) is 0 Å². The molecular formula is C14H17F4N. The van der Waals surface area contributed by atoms with Crippen LogP contribution < -0.4 is 5.73 Å². The average molecular weight is 275 g/mol. The molecule has 0 radical (unpaired) electrons. The SMILES string of the molecule is Cc1cc(C2(N)CCCC(C(F)(F)F)C2)ccc1F. The molecule has 106 valence electrons. The van der Waals surface area contributed by atoms with Crippen LogP contribution in [0.15, 0.2) is 18.2 Å². The second kappa shape index (κ2) is 4.78. The molecule has 19 heavy (non-hydrogen) atoms. The van der Waals surface area contributed by atoms with Crippen molar-refractivity contribution in [2.75, 3.05) is 0 Å². The number of halogens is 4. The zero-order chi connectivity index (χ0) is 14.3. The summed E-state index contributed by atoms with van der Waals surface area (Å²) < 4.78 is 51.7. The molecule has 0 heterocycles. The Morgan fingerprint density at radius 2 is 2.00 bits per heavy atom. The van der Waals surface area contributed by atoms with Crippen LogP contribution in [0.4, 0.5) is 17.6 Å². The van der Waals surface area contributed by atoms with Crippen LogP contribution in [0.2, 0.25) is 0 Å². The zero-order valence-corrected chi connectivity index (χ0v) is 10.7. The van der Waals surface area contributed by atoms with E-state index in [0.717, 1.165) is 0 Å². The average Bonchev–Trinajstić information content (AvgIpc) is 2.31. The minimum atomic E-state index is -4.21. The van der Waals surface area contributed by atoms with Gasteiger partial charge in [0.25, 0.3) is 0 Å². The maximum absolute atomic E-state index is 13.2. The number of hydrogen-bond acceptors (Lipinski definition) is 1. The Kier molecular flexibility index (Phi) is 3.60. The van der Waals surface area contributed by atoms with Crippen molar-refractivity contribution in [3.63, 3.8) is 0 Å². The highest BCUT2D eigenvalue weighted by Gasteiger charge is 2.46. The maximum Gasteiger partial charge on any atom is 0.391 e. The van der Waals surface area contributed by atoms with Crippen molar-refractivity contribution in [3.05, 3.63) is 35.1 Å². The van der Waals surface area contributed by atoms with Gasteiger partial charge in [-0.1, -0.05) is 18.6 Å². The van der Waals surface area contributed by atoms with E-state index in [1.165, 1.54) is 12.1 Å². The Hall–Kier alpha value is -1.10. The molecule has 0 aromatic heterocycles. The summed E-state index contributed by atoms with van der Waals surface area (Å²) in [6.07, 6.45) is -3.26. The Bertz CT molecular complexity index is 469. The molecule has 1 aliphatic rings. The van der Waals surface area contributed by atoms with Crippen molar-refractivity contribution in [2.24, 2.45) is 11.7 Å². The predicted molar refractivity (Wildman–Crippen MR) is 65.0 cm³/mol. The van der Waals surface area contributed by atoms with Crippen LogP contribution in [0.25, 0.3) is 0 Å². The number of rotatable bonds is 1. The third kappa shape index (κ3) is 2.91. The third-order valence-electron chi connectivity index (χ3n) is 3.98. The first kappa shape index (κ1) is 14.3. The molecule has 0 spiro atoms. The summed E-state index contributed by atoms with van der Waals surface area (Å²) in [7, 11) is 0. The summed E-state index contributed by atoms with van der Waals surface area (Å²) >= 11 is 0. The molecule has 0 bridgehead atoms. The number of nitrogens with two attached hydrogens (primary N) is 1. The van der Waals surface area contributed by atoms with Gasteiger partial charge in [0.1, 0.15) is 5.82 Å². The van der Waals surface area contributed by atoms with Crippen LogP contribution >= 0.6 is 0 Å². The van der Waals surface area contributed by atoms with Crippen molar-refractivity contribution in [2.45, 2.75) is 44.3 Å². The molecule has 2 rings (SSSR count). The summed E-state index contributed by atoms with van der Waals surface area (Å²) in [5.74, 6) is -1.73. The Labute approximate surface area is 109 Å². The van der Waals surface area contributed by atoms with E-state index in [4.69, 9.17) is 5.73 Å². The summed E-state index contributed by atoms with van der Waals surface area (Å²) in [6.45, 7) is 1.59. The van der Waals surface area contributed by atoms with Crippen molar-refractivity contribution >= 4 is 0 Å². The molecule has 1 aliphatic carbocycles.